The van der Waals surface area contributed by atoms with Crippen molar-refractivity contribution in [2.75, 3.05) is 46.0 Å². The fourth-order valence-corrected chi connectivity index (χ4v) is 5.78. The first-order valence-electron chi connectivity index (χ1n) is 11.7. The number of ether oxygens (including phenoxy) is 2. The summed E-state index contributed by atoms with van der Waals surface area (Å²) in [6.45, 7) is 9.06. The molecule has 2 saturated heterocycles. The van der Waals surface area contributed by atoms with Crippen LogP contribution in [0.2, 0.25) is 0 Å². The monoisotopic (exact) mass is 487 g/mol. The highest BCUT2D eigenvalue weighted by Gasteiger charge is 2.27. The molecule has 0 spiro atoms. The van der Waals surface area contributed by atoms with Gasteiger partial charge in [0, 0.05) is 44.8 Å². The van der Waals surface area contributed by atoms with Crippen LogP contribution in [0, 0.1) is 6.92 Å². The molecule has 2 aromatic rings. The van der Waals surface area contributed by atoms with Crippen LogP contribution in [-0.2, 0) is 32.6 Å². The van der Waals surface area contributed by atoms with E-state index < -0.39 is 10.0 Å². The van der Waals surface area contributed by atoms with Gasteiger partial charge in [0.2, 0.25) is 10.0 Å². The van der Waals surface area contributed by atoms with Crippen molar-refractivity contribution in [3.8, 4) is 0 Å². The highest BCUT2D eigenvalue weighted by molar-refractivity contribution is 7.89. The van der Waals surface area contributed by atoms with Gasteiger partial charge in [-0.1, -0.05) is 30.3 Å². The fraction of sp³-hybridized carbons (Fsp3) is 0.480. The van der Waals surface area contributed by atoms with E-state index in [4.69, 9.17) is 9.47 Å². The van der Waals surface area contributed by atoms with Gasteiger partial charge < -0.3 is 14.8 Å². The summed E-state index contributed by atoms with van der Waals surface area (Å²) in [6, 6.07) is 12.9. The molecule has 1 unspecified atom stereocenters. The number of hydrogen-bond acceptors (Lipinski definition) is 6. The predicted octanol–water partition coefficient (Wildman–Crippen LogP) is 2.17. The maximum atomic E-state index is 13.0. The summed E-state index contributed by atoms with van der Waals surface area (Å²) in [7, 11) is -3.67. The van der Waals surface area contributed by atoms with Crippen molar-refractivity contribution in [3.63, 3.8) is 0 Å². The number of nitrogens with one attached hydrogen (secondary N) is 1. The average Bonchev–Trinajstić information content (AvgIpc) is 2.83. The molecule has 0 radical (unpaired) electrons. The number of carbonyl (C=O) groups excluding carboxylic acids is 1. The lowest BCUT2D eigenvalue weighted by molar-refractivity contribution is -0.0212. The van der Waals surface area contributed by atoms with Crippen molar-refractivity contribution in [2.24, 2.45) is 0 Å². The lowest BCUT2D eigenvalue weighted by atomic mass is 10.1. The molecule has 184 valence electrons. The van der Waals surface area contributed by atoms with Crippen molar-refractivity contribution < 1.29 is 22.7 Å². The molecule has 0 saturated carbocycles. The summed E-state index contributed by atoms with van der Waals surface area (Å²) in [5.74, 6) is -0.288. The molecule has 2 aliphatic heterocycles. The second-order valence-corrected chi connectivity index (χ2v) is 10.9. The van der Waals surface area contributed by atoms with Crippen LogP contribution in [0.1, 0.15) is 34.0 Å². The van der Waals surface area contributed by atoms with Crippen LogP contribution in [0.25, 0.3) is 0 Å². The molecule has 8 nitrogen and oxygen atoms in total. The Morgan fingerprint density at radius 2 is 1.82 bits per heavy atom. The third-order valence-corrected chi connectivity index (χ3v) is 8.13. The highest BCUT2D eigenvalue weighted by atomic mass is 32.2. The van der Waals surface area contributed by atoms with Gasteiger partial charge in [0.25, 0.3) is 5.91 Å². The van der Waals surface area contributed by atoms with Gasteiger partial charge in [-0.25, -0.2) is 8.42 Å². The number of carbonyl (C=O) groups is 1. The van der Waals surface area contributed by atoms with Gasteiger partial charge in [-0.3, -0.25) is 9.69 Å². The van der Waals surface area contributed by atoms with E-state index in [1.807, 2.05) is 19.1 Å². The van der Waals surface area contributed by atoms with Crippen LogP contribution in [0.15, 0.2) is 47.4 Å². The molecule has 1 N–H and O–H groups in total. The fourth-order valence-electron chi connectivity index (χ4n) is 4.35. The van der Waals surface area contributed by atoms with Gasteiger partial charge in [0.1, 0.15) is 0 Å². The molecule has 0 aliphatic carbocycles. The number of benzene rings is 2. The van der Waals surface area contributed by atoms with E-state index in [2.05, 4.69) is 29.3 Å². The zero-order chi connectivity index (χ0) is 24.1. The molecule has 2 fully saturated rings. The first-order chi connectivity index (χ1) is 16.3. The third kappa shape index (κ3) is 6.03. The number of rotatable bonds is 7. The summed E-state index contributed by atoms with van der Waals surface area (Å²) in [6.07, 6.45) is 0.238. The van der Waals surface area contributed by atoms with Crippen molar-refractivity contribution in [1.29, 1.82) is 0 Å². The van der Waals surface area contributed by atoms with Crippen LogP contribution >= 0.6 is 0 Å². The molecule has 0 bridgehead atoms. The van der Waals surface area contributed by atoms with E-state index >= 15 is 0 Å². The van der Waals surface area contributed by atoms with Crippen LogP contribution < -0.4 is 5.32 Å². The Morgan fingerprint density at radius 1 is 1.06 bits per heavy atom. The van der Waals surface area contributed by atoms with Gasteiger partial charge in [0.15, 0.2) is 0 Å². The van der Waals surface area contributed by atoms with E-state index in [-0.39, 0.29) is 16.9 Å². The minimum Gasteiger partial charge on any atom is -0.379 e. The second-order valence-electron chi connectivity index (χ2n) is 8.91. The largest absolute Gasteiger partial charge is 0.379 e. The molecule has 34 heavy (non-hydrogen) atoms. The predicted molar refractivity (Wildman–Crippen MR) is 129 cm³/mol. The smallest absolute Gasteiger partial charge is 0.251 e. The first kappa shape index (κ1) is 24.8. The van der Waals surface area contributed by atoms with Crippen LogP contribution in [0.3, 0.4) is 0 Å². The zero-order valence-electron chi connectivity index (χ0n) is 19.8. The standard InChI is InChI=1S/C25H33N3O5S/c1-19-6-7-23(34(30,31)28-9-11-32-12-10-28)15-24(19)25(29)26-16-21-4-3-5-22(14-21)18-27-8-13-33-20(2)17-27/h3-7,14-15,20H,8-13,16-18H2,1-2H3,(H,26,29). The number of nitrogens with zero attached hydrogens (tertiary/aromatic N) is 2. The van der Waals surface area contributed by atoms with Crippen LogP contribution in [0.4, 0.5) is 0 Å². The van der Waals surface area contributed by atoms with Gasteiger partial charge in [-0.2, -0.15) is 4.31 Å². The number of aryl methyl sites for hydroxylation is 1. The molecular weight excluding hydrogens is 454 g/mol. The number of sulfonamides is 1. The molecule has 2 aliphatic rings. The number of morpholine rings is 2. The van der Waals surface area contributed by atoms with Gasteiger partial charge in [0.05, 0.1) is 30.8 Å². The Hall–Kier alpha value is -2.30. The normalized spacial score (nSPS) is 20.2. The summed E-state index contributed by atoms with van der Waals surface area (Å²) in [5.41, 5.74) is 3.29. The first-order valence-corrected chi connectivity index (χ1v) is 13.2. The summed E-state index contributed by atoms with van der Waals surface area (Å²) < 4.78 is 38.3. The topological polar surface area (TPSA) is 88.2 Å². The lowest BCUT2D eigenvalue weighted by Gasteiger charge is -2.31. The summed E-state index contributed by atoms with van der Waals surface area (Å²) in [4.78, 5) is 15.5. The molecule has 2 heterocycles. The van der Waals surface area contributed by atoms with E-state index in [0.29, 0.717) is 38.4 Å². The second kappa shape index (κ2) is 11.0. The van der Waals surface area contributed by atoms with Crippen molar-refractivity contribution in [3.05, 3.63) is 64.7 Å². The van der Waals surface area contributed by atoms with Crippen molar-refractivity contribution in [1.82, 2.24) is 14.5 Å². The Bertz CT molecular complexity index is 1120. The van der Waals surface area contributed by atoms with Gasteiger partial charge in [-0.15, -0.1) is 0 Å². The van der Waals surface area contributed by atoms with Crippen LogP contribution in [-0.4, -0.2) is 75.6 Å². The highest BCUT2D eigenvalue weighted by Crippen LogP contribution is 2.21. The average molecular weight is 488 g/mol. The molecule has 9 heteroatoms. The Morgan fingerprint density at radius 3 is 2.59 bits per heavy atom. The Labute approximate surface area is 201 Å². The van der Waals surface area contributed by atoms with Crippen molar-refractivity contribution >= 4 is 15.9 Å². The van der Waals surface area contributed by atoms with Gasteiger partial charge >= 0.3 is 0 Å². The number of hydrogen-bond donors (Lipinski definition) is 1. The molecule has 1 atom stereocenters. The number of amides is 1. The molecule has 2 aromatic carbocycles. The third-order valence-electron chi connectivity index (χ3n) is 6.24. The minimum atomic E-state index is -3.67. The van der Waals surface area contributed by atoms with E-state index in [0.717, 1.165) is 37.4 Å². The molecule has 0 aromatic heterocycles. The maximum absolute atomic E-state index is 13.0. The lowest BCUT2D eigenvalue weighted by Crippen LogP contribution is -2.40. The Kier molecular flexibility index (Phi) is 8.00. The maximum Gasteiger partial charge on any atom is 0.251 e. The van der Waals surface area contributed by atoms with Crippen LogP contribution in [0.5, 0.6) is 0 Å². The SMILES string of the molecule is Cc1ccc(S(=O)(=O)N2CCOCC2)cc1C(=O)NCc1cccc(CN2CCOC(C)C2)c1. The Balaban J connectivity index is 1.41. The van der Waals surface area contributed by atoms with E-state index in [9.17, 15) is 13.2 Å². The summed E-state index contributed by atoms with van der Waals surface area (Å²) in [5, 5.41) is 2.95. The molecule has 1 amide bonds. The van der Waals surface area contributed by atoms with Crippen molar-refractivity contribution in [2.45, 2.75) is 37.9 Å². The quantitative estimate of drug-likeness (QED) is 0.644. The molecule has 4 rings (SSSR count). The molecular formula is C25H33N3O5S. The zero-order valence-corrected chi connectivity index (χ0v) is 20.6. The van der Waals surface area contributed by atoms with Gasteiger partial charge in [-0.05, 0) is 42.7 Å². The van der Waals surface area contributed by atoms with E-state index in [1.54, 1.807) is 12.1 Å². The summed E-state index contributed by atoms with van der Waals surface area (Å²) >= 11 is 0. The van der Waals surface area contributed by atoms with E-state index in [1.165, 1.54) is 15.9 Å². The minimum absolute atomic E-state index is 0.131.